The molecule has 4 nitrogen and oxygen atoms in total. The molecule has 0 saturated heterocycles. The highest BCUT2D eigenvalue weighted by Gasteiger charge is 2.43. The Labute approximate surface area is 137 Å². The Morgan fingerprint density at radius 2 is 1.96 bits per heavy atom. The smallest absolute Gasteiger partial charge is 0.403 e. The number of aliphatic hydroxyl groups is 1. The van der Waals surface area contributed by atoms with Crippen molar-refractivity contribution in [2.45, 2.75) is 63.5 Å². The number of imidazole rings is 1. The average molecular weight is 340 g/mol. The first-order valence-electron chi connectivity index (χ1n) is 8.29. The lowest BCUT2D eigenvalue weighted by atomic mass is 9.74. The van der Waals surface area contributed by atoms with E-state index in [0.717, 1.165) is 25.7 Å². The van der Waals surface area contributed by atoms with Gasteiger partial charge in [0, 0.05) is 11.6 Å². The number of halogens is 3. The SMILES string of the molecule is Cc1nc2ccc(C3(O)CCC3)c(OC(F)(F)F)c2n1C1CCC1. The lowest BCUT2D eigenvalue weighted by Crippen LogP contribution is -2.35. The standard InChI is InChI=1S/C17H19F3N2O2/c1-10-21-13-7-6-12(16(23)8-3-9-16)15(24-17(18,19)20)14(13)22(10)11-4-2-5-11/h6-7,11,23H,2-5,8-9H2,1H3. The summed E-state index contributed by atoms with van der Waals surface area (Å²) in [5, 5.41) is 10.6. The number of alkyl halides is 3. The second kappa shape index (κ2) is 5.12. The first-order chi connectivity index (χ1) is 11.3. The number of hydrogen-bond acceptors (Lipinski definition) is 3. The largest absolute Gasteiger partial charge is 0.573 e. The molecule has 1 N–H and O–H groups in total. The van der Waals surface area contributed by atoms with Crippen LogP contribution >= 0.6 is 0 Å². The number of fused-ring (bicyclic) bond motifs is 1. The molecule has 0 radical (unpaired) electrons. The molecule has 0 bridgehead atoms. The molecule has 2 fully saturated rings. The predicted molar refractivity (Wildman–Crippen MR) is 81.8 cm³/mol. The van der Waals surface area contributed by atoms with Crippen LogP contribution in [-0.4, -0.2) is 21.0 Å². The minimum Gasteiger partial charge on any atom is -0.403 e. The van der Waals surface area contributed by atoms with E-state index >= 15 is 0 Å². The van der Waals surface area contributed by atoms with Crippen LogP contribution in [-0.2, 0) is 5.60 Å². The van der Waals surface area contributed by atoms with Crippen LogP contribution in [0.25, 0.3) is 11.0 Å². The van der Waals surface area contributed by atoms with E-state index in [4.69, 9.17) is 0 Å². The van der Waals surface area contributed by atoms with Gasteiger partial charge in [0.1, 0.15) is 11.3 Å². The van der Waals surface area contributed by atoms with E-state index in [1.807, 2.05) is 4.57 Å². The van der Waals surface area contributed by atoms with Gasteiger partial charge in [-0.2, -0.15) is 0 Å². The Hall–Kier alpha value is -1.76. The zero-order valence-electron chi connectivity index (χ0n) is 13.4. The maximum absolute atomic E-state index is 13.1. The van der Waals surface area contributed by atoms with Gasteiger partial charge in [-0.25, -0.2) is 4.98 Å². The van der Waals surface area contributed by atoms with Gasteiger partial charge in [-0.15, -0.1) is 13.2 Å². The molecule has 0 aliphatic heterocycles. The number of ether oxygens (including phenoxy) is 1. The van der Waals surface area contributed by atoms with Gasteiger partial charge in [0.05, 0.1) is 11.1 Å². The third-order valence-corrected chi connectivity index (χ3v) is 5.32. The maximum atomic E-state index is 13.1. The van der Waals surface area contributed by atoms with Gasteiger partial charge >= 0.3 is 6.36 Å². The summed E-state index contributed by atoms with van der Waals surface area (Å²) in [6.45, 7) is 1.80. The maximum Gasteiger partial charge on any atom is 0.573 e. The second-order valence-corrected chi connectivity index (χ2v) is 6.86. The molecule has 130 valence electrons. The van der Waals surface area contributed by atoms with E-state index in [9.17, 15) is 18.3 Å². The van der Waals surface area contributed by atoms with Crippen LogP contribution in [0.2, 0.25) is 0 Å². The van der Waals surface area contributed by atoms with E-state index in [0.29, 0.717) is 29.7 Å². The van der Waals surface area contributed by atoms with Crippen LogP contribution in [0.3, 0.4) is 0 Å². The van der Waals surface area contributed by atoms with Crippen molar-refractivity contribution < 1.29 is 23.0 Å². The Kier molecular flexibility index (Phi) is 3.36. The fourth-order valence-electron chi connectivity index (χ4n) is 3.73. The van der Waals surface area contributed by atoms with Crippen molar-refractivity contribution in [2.75, 3.05) is 0 Å². The van der Waals surface area contributed by atoms with Crippen LogP contribution in [0, 0.1) is 6.92 Å². The number of nitrogens with zero attached hydrogens (tertiary/aromatic N) is 2. The number of aromatic nitrogens is 2. The molecule has 1 heterocycles. The Bertz CT molecular complexity index is 789. The van der Waals surface area contributed by atoms with Crippen LogP contribution < -0.4 is 4.74 Å². The van der Waals surface area contributed by atoms with E-state index in [1.54, 1.807) is 13.0 Å². The van der Waals surface area contributed by atoms with Gasteiger partial charge in [0.15, 0.2) is 5.75 Å². The number of benzene rings is 1. The van der Waals surface area contributed by atoms with E-state index in [-0.39, 0.29) is 17.4 Å². The molecule has 2 saturated carbocycles. The second-order valence-electron chi connectivity index (χ2n) is 6.86. The van der Waals surface area contributed by atoms with Crippen molar-refractivity contribution in [3.63, 3.8) is 0 Å². The summed E-state index contributed by atoms with van der Waals surface area (Å²) in [6.07, 6.45) is -0.222. The molecular formula is C17H19F3N2O2. The van der Waals surface area contributed by atoms with Crippen molar-refractivity contribution in [3.8, 4) is 5.75 Å². The van der Waals surface area contributed by atoms with Crippen LogP contribution in [0.1, 0.15) is 56.0 Å². The molecule has 1 aromatic heterocycles. The number of rotatable bonds is 3. The average Bonchev–Trinajstić information content (AvgIpc) is 2.70. The molecule has 0 atom stereocenters. The monoisotopic (exact) mass is 340 g/mol. The quantitative estimate of drug-likeness (QED) is 0.904. The summed E-state index contributed by atoms with van der Waals surface area (Å²) < 4.78 is 45.5. The van der Waals surface area contributed by atoms with Gasteiger partial charge in [-0.3, -0.25) is 0 Å². The zero-order valence-corrected chi connectivity index (χ0v) is 13.4. The zero-order chi connectivity index (χ0) is 17.1. The normalized spacial score (nSPS) is 20.7. The predicted octanol–water partition coefficient (Wildman–Crippen LogP) is 4.34. The summed E-state index contributed by atoms with van der Waals surface area (Å²) in [6, 6.07) is 3.36. The van der Waals surface area contributed by atoms with Crippen LogP contribution in [0.15, 0.2) is 12.1 Å². The Morgan fingerprint density at radius 3 is 2.46 bits per heavy atom. The van der Waals surface area contributed by atoms with Gasteiger partial charge in [0.25, 0.3) is 0 Å². The summed E-state index contributed by atoms with van der Waals surface area (Å²) in [5.74, 6) is 0.397. The first kappa shape index (κ1) is 15.7. The minimum absolute atomic E-state index is 0.150. The Balaban J connectivity index is 1.97. The molecule has 0 spiro atoms. The molecule has 4 rings (SSSR count). The summed E-state index contributed by atoms with van der Waals surface area (Å²) in [5.41, 5.74) is -0.186. The first-order valence-corrected chi connectivity index (χ1v) is 8.29. The molecule has 1 aromatic carbocycles. The highest BCUT2D eigenvalue weighted by atomic mass is 19.4. The summed E-state index contributed by atoms with van der Waals surface area (Å²) >= 11 is 0. The highest BCUT2D eigenvalue weighted by molar-refractivity contribution is 5.85. The Morgan fingerprint density at radius 1 is 1.25 bits per heavy atom. The lowest BCUT2D eigenvalue weighted by molar-refractivity contribution is -0.275. The van der Waals surface area contributed by atoms with E-state index < -0.39 is 12.0 Å². The topological polar surface area (TPSA) is 47.3 Å². The van der Waals surface area contributed by atoms with Gasteiger partial charge in [-0.1, -0.05) is 6.07 Å². The molecule has 0 unspecified atom stereocenters. The number of aryl methyl sites for hydroxylation is 1. The van der Waals surface area contributed by atoms with Crippen molar-refractivity contribution in [1.29, 1.82) is 0 Å². The third kappa shape index (κ3) is 2.37. The molecular weight excluding hydrogens is 321 g/mol. The summed E-state index contributed by atoms with van der Waals surface area (Å²) in [4.78, 5) is 4.41. The third-order valence-electron chi connectivity index (χ3n) is 5.32. The molecule has 2 aromatic rings. The summed E-state index contributed by atoms with van der Waals surface area (Å²) in [7, 11) is 0. The van der Waals surface area contributed by atoms with E-state index in [2.05, 4.69) is 9.72 Å². The van der Waals surface area contributed by atoms with Crippen molar-refractivity contribution in [2.24, 2.45) is 0 Å². The highest BCUT2D eigenvalue weighted by Crippen LogP contribution is 2.49. The van der Waals surface area contributed by atoms with Gasteiger partial charge in [-0.05, 0) is 51.5 Å². The van der Waals surface area contributed by atoms with E-state index in [1.165, 1.54) is 6.07 Å². The molecule has 2 aliphatic rings. The molecule has 7 heteroatoms. The lowest BCUT2D eigenvalue weighted by Gasteiger charge is -2.38. The fourth-order valence-corrected chi connectivity index (χ4v) is 3.73. The fraction of sp³-hybridized carbons (Fsp3) is 0.588. The van der Waals surface area contributed by atoms with Crippen LogP contribution in [0.5, 0.6) is 5.75 Å². The van der Waals surface area contributed by atoms with Crippen LogP contribution in [0.4, 0.5) is 13.2 Å². The molecule has 0 amide bonds. The minimum atomic E-state index is -4.81. The van der Waals surface area contributed by atoms with Crippen molar-refractivity contribution in [3.05, 3.63) is 23.5 Å². The van der Waals surface area contributed by atoms with Gasteiger partial charge in [0.2, 0.25) is 0 Å². The number of hydrogen-bond donors (Lipinski definition) is 1. The van der Waals surface area contributed by atoms with Crippen molar-refractivity contribution >= 4 is 11.0 Å². The van der Waals surface area contributed by atoms with Gasteiger partial charge < -0.3 is 14.4 Å². The van der Waals surface area contributed by atoms with Crippen molar-refractivity contribution in [1.82, 2.24) is 9.55 Å². The molecule has 24 heavy (non-hydrogen) atoms. The molecule has 2 aliphatic carbocycles.